The molecule has 3 N–H and O–H groups in total. The third kappa shape index (κ3) is 6.00. The summed E-state index contributed by atoms with van der Waals surface area (Å²) in [4.78, 5) is 44.9. The predicted molar refractivity (Wildman–Crippen MR) is 176 cm³/mol. The number of phenolic OH excluding ortho intramolecular Hbond substituents is 2. The van der Waals surface area contributed by atoms with E-state index in [9.17, 15) is 24.9 Å². The zero-order valence-corrected chi connectivity index (χ0v) is 27.8. The molecule has 2 saturated carbocycles. The number of benzene rings is 1. The average molecular weight is 603 g/mol. The first-order valence-electron chi connectivity index (χ1n) is 15.5. The van der Waals surface area contributed by atoms with Crippen molar-refractivity contribution in [2.45, 2.75) is 93.9 Å². The summed E-state index contributed by atoms with van der Waals surface area (Å²) in [6, 6.07) is 3.64. The van der Waals surface area contributed by atoms with E-state index in [2.05, 4.69) is 19.2 Å². The van der Waals surface area contributed by atoms with Crippen molar-refractivity contribution in [2.24, 2.45) is 28.1 Å². The highest BCUT2D eigenvalue weighted by Gasteiger charge is 2.74. The summed E-state index contributed by atoms with van der Waals surface area (Å²) in [6.45, 7) is 23.8. The minimum atomic E-state index is -1.62. The van der Waals surface area contributed by atoms with Crippen LogP contribution in [-0.4, -0.2) is 32.7 Å². The highest BCUT2D eigenvalue weighted by Crippen LogP contribution is 2.66. The van der Waals surface area contributed by atoms with E-state index in [1.165, 1.54) is 12.1 Å². The van der Waals surface area contributed by atoms with E-state index in [4.69, 9.17) is 0 Å². The summed E-state index contributed by atoms with van der Waals surface area (Å²) in [5.74, 6) is -3.61. The van der Waals surface area contributed by atoms with E-state index in [0.717, 1.165) is 28.4 Å². The maximum absolute atomic E-state index is 15.2. The fourth-order valence-corrected chi connectivity index (χ4v) is 7.19. The van der Waals surface area contributed by atoms with Crippen molar-refractivity contribution in [3.05, 3.63) is 76.9 Å². The van der Waals surface area contributed by atoms with Crippen LogP contribution in [0.5, 0.6) is 11.5 Å². The van der Waals surface area contributed by atoms with Gasteiger partial charge in [0.25, 0.3) is 0 Å². The van der Waals surface area contributed by atoms with Crippen molar-refractivity contribution in [3.8, 4) is 11.5 Å². The first-order chi connectivity index (χ1) is 20.3. The van der Waals surface area contributed by atoms with Crippen LogP contribution >= 0.6 is 0 Å². The third-order valence-corrected chi connectivity index (χ3v) is 10.1. The lowest BCUT2D eigenvalue weighted by Gasteiger charge is -2.60. The molecule has 0 radical (unpaired) electrons. The van der Waals surface area contributed by atoms with Gasteiger partial charge >= 0.3 is 0 Å². The van der Waals surface area contributed by atoms with Gasteiger partial charge in [-0.05, 0) is 116 Å². The number of Topliss-reactive ketones (excluding diaryl/α,β-unsaturated/α-hetero) is 3. The van der Waals surface area contributed by atoms with Gasteiger partial charge in [-0.1, -0.05) is 54.9 Å². The molecule has 2 aliphatic carbocycles. The molecule has 0 amide bonds. The van der Waals surface area contributed by atoms with Crippen molar-refractivity contribution in [3.63, 3.8) is 0 Å². The smallest absolute Gasteiger partial charge is 0.184 e. The number of phenols is 2. The first-order valence-corrected chi connectivity index (χ1v) is 15.5. The molecule has 0 saturated heterocycles. The third-order valence-electron chi connectivity index (χ3n) is 10.1. The number of carbonyl (C=O) groups is 3. The van der Waals surface area contributed by atoms with Gasteiger partial charge in [-0.15, -0.1) is 6.58 Å². The maximum Gasteiger partial charge on any atom is 0.184 e. The number of hydrogen-bond acceptors (Lipinski definition) is 6. The molecule has 0 spiro atoms. The topological polar surface area (TPSA) is 112 Å². The lowest BCUT2D eigenvalue weighted by atomic mass is 9.38. The van der Waals surface area contributed by atoms with Crippen molar-refractivity contribution in [1.29, 1.82) is 0 Å². The Morgan fingerprint density at radius 2 is 1.57 bits per heavy atom. The molecule has 0 heterocycles. The molecule has 0 aromatic heterocycles. The molecular formula is C38H50O6. The molecule has 4 unspecified atom stereocenters. The molecule has 3 rings (SSSR count). The molecule has 44 heavy (non-hydrogen) atoms. The largest absolute Gasteiger partial charge is 0.506 e. The number of hydrogen-bond donors (Lipinski definition) is 3. The highest BCUT2D eigenvalue weighted by molar-refractivity contribution is 6.41. The highest BCUT2D eigenvalue weighted by atomic mass is 16.3. The molecule has 2 bridgehead atoms. The Balaban J connectivity index is 2.45. The van der Waals surface area contributed by atoms with Gasteiger partial charge in [0.1, 0.15) is 16.7 Å². The molecule has 2 fully saturated rings. The summed E-state index contributed by atoms with van der Waals surface area (Å²) in [5, 5.41) is 31.7. The van der Waals surface area contributed by atoms with Crippen molar-refractivity contribution in [1.82, 2.24) is 0 Å². The maximum atomic E-state index is 15.2. The second-order valence-corrected chi connectivity index (χ2v) is 14.3. The van der Waals surface area contributed by atoms with Gasteiger partial charge in [0.05, 0.1) is 5.41 Å². The van der Waals surface area contributed by atoms with Crippen LogP contribution < -0.4 is 0 Å². The number of ketones is 3. The van der Waals surface area contributed by atoms with Crippen LogP contribution in [0.3, 0.4) is 0 Å². The van der Waals surface area contributed by atoms with E-state index >= 15 is 4.79 Å². The molecule has 1 aromatic carbocycles. The molecular weight excluding hydrogens is 552 g/mol. The van der Waals surface area contributed by atoms with Gasteiger partial charge in [0.15, 0.2) is 28.8 Å². The minimum absolute atomic E-state index is 0.00886. The van der Waals surface area contributed by atoms with Crippen molar-refractivity contribution >= 4 is 23.1 Å². The summed E-state index contributed by atoms with van der Waals surface area (Å²) >= 11 is 0. The Hall–Kier alpha value is -3.67. The number of aliphatic hydroxyl groups is 1. The molecule has 238 valence electrons. The first kappa shape index (κ1) is 34.8. The van der Waals surface area contributed by atoms with E-state index < -0.39 is 50.6 Å². The van der Waals surface area contributed by atoms with Gasteiger partial charge < -0.3 is 15.3 Å². The predicted octanol–water partition coefficient (Wildman–Crippen LogP) is 8.76. The molecule has 1 aromatic rings. The van der Waals surface area contributed by atoms with E-state index in [0.29, 0.717) is 19.3 Å². The van der Waals surface area contributed by atoms with E-state index in [-0.39, 0.29) is 42.4 Å². The van der Waals surface area contributed by atoms with E-state index in [1.807, 2.05) is 61.5 Å². The van der Waals surface area contributed by atoms with Crippen LogP contribution in [0.2, 0.25) is 0 Å². The normalized spacial score (nSPS) is 26.1. The second-order valence-electron chi connectivity index (χ2n) is 14.3. The molecule has 2 aliphatic rings. The fraction of sp³-hybridized carbons (Fsp3) is 0.500. The van der Waals surface area contributed by atoms with Gasteiger partial charge in [0.2, 0.25) is 0 Å². The molecule has 4 atom stereocenters. The lowest BCUT2D eigenvalue weighted by Crippen LogP contribution is -2.69. The Kier molecular flexibility index (Phi) is 10.1. The van der Waals surface area contributed by atoms with Crippen LogP contribution in [0.1, 0.15) is 99.5 Å². The van der Waals surface area contributed by atoms with Crippen molar-refractivity contribution in [2.75, 3.05) is 0 Å². The van der Waals surface area contributed by atoms with Gasteiger partial charge in [-0.25, -0.2) is 0 Å². The number of aliphatic hydroxyl groups excluding tert-OH is 1. The summed E-state index contributed by atoms with van der Waals surface area (Å²) < 4.78 is 0. The monoisotopic (exact) mass is 602 g/mol. The molecule has 6 heteroatoms. The zero-order valence-electron chi connectivity index (χ0n) is 27.8. The Bertz CT molecular complexity index is 1480. The number of fused-ring (bicyclic) bond motifs is 2. The Morgan fingerprint density at radius 3 is 2.09 bits per heavy atom. The Morgan fingerprint density at radius 1 is 0.955 bits per heavy atom. The fourth-order valence-electron chi connectivity index (χ4n) is 7.19. The van der Waals surface area contributed by atoms with Crippen LogP contribution in [0, 0.1) is 28.1 Å². The molecule has 0 aliphatic heterocycles. The van der Waals surface area contributed by atoms with Crippen LogP contribution in [-0.2, 0) is 14.4 Å². The summed E-state index contributed by atoms with van der Waals surface area (Å²) in [6.07, 6.45) is 6.46. The zero-order chi connectivity index (χ0) is 33.4. The van der Waals surface area contributed by atoms with E-state index in [1.54, 1.807) is 0 Å². The van der Waals surface area contributed by atoms with Crippen LogP contribution in [0.25, 0.3) is 5.76 Å². The number of carbonyl (C=O) groups excluding carboxylic acids is 3. The number of aromatic hydroxyl groups is 2. The quantitative estimate of drug-likeness (QED) is 0.0583. The average Bonchev–Trinajstić information content (AvgIpc) is 2.91. The SMILES string of the molecule is C=C(C)CCC(CC12CC(CC=C(C)C)C(C)(C)C(CC=C(C)C)(C(=O)/C(=C(\O)c3ccc(O)c(O)c3)C1=O)C2=O)C(=C)C. The van der Waals surface area contributed by atoms with Crippen LogP contribution in [0.4, 0.5) is 0 Å². The summed E-state index contributed by atoms with van der Waals surface area (Å²) in [7, 11) is 0. The van der Waals surface area contributed by atoms with Gasteiger partial charge in [-0.3, -0.25) is 14.4 Å². The lowest BCUT2D eigenvalue weighted by molar-refractivity contribution is -0.177. The van der Waals surface area contributed by atoms with Gasteiger partial charge in [0, 0.05) is 5.56 Å². The Labute approximate surface area is 263 Å². The van der Waals surface area contributed by atoms with Gasteiger partial charge in [-0.2, -0.15) is 0 Å². The standard InChI is InChI=1S/C38H50O6/c1-22(2)11-13-27(25(7)8)20-37-21-28(15-12-23(3)4)36(9,10)38(35(37)44,18-17-24(5)6)34(43)31(33(37)42)32(41)26-14-16-29(39)30(40)19-26/h12,14,16-17,19,27-28,39-41H,1,7,11,13,15,18,20-21H2,2-6,8-10H3/b32-31-. The minimum Gasteiger partial charge on any atom is -0.506 e. The molecule has 6 nitrogen and oxygen atoms in total. The number of allylic oxidation sites excluding steroid dienone is 7. The van der Waals surface area contributed by atoms with Crippen molar-refractivity contribution < 1.29 is 29.7 Å². The second kappa shape index (κ2) is 12.7. The summed E-state index contributed by atoms with van der Waals surface area (Å²) in [5.41, 5.74) is -0.587. The number of rotatable bonds is 11. The van der Waals surface area contributed by atoms with Crippen LogP contribution in [0.15, 0.2) is 71.4 Å².